The molecule has 2 heterocycles. The summed E-state index contributed by atoms with van der Waals surface area (Å²) in [6.07, 6.45) is 5.72. The molecule has 6 rings (SSSR count). The van der Waals surface area contributed by atoms with Crippen molar-refractivity contribution in [1.29, 1.82) is 0 Å². The Morgan fingerprint density at radius 1 is 1.03 bits per heavy atom. The lowest BCUT2D eigenvalue weighted by molar-refractivity contribution is -0.284. The summed E-state index contributed by atoms with van der Waals surface area (Å²) < 4.78 is 16.6. The fourth-order valence-corrected chi connectivity index (χ4v) is 8.21. The Hall–Kier alpha value is -2.14. The van der Waals surface area contributed by atoms with Gasteiger partial charge >= 0.3 is 5.63 Å². The number of carbonyl (C=O) groups excluding carboxylic acids is 1. The number of aliphatic hydroxyl groups excluding tert-OH is 3. The number of fused-ring (bicyclic) bond motifs is 5. The van der Waals surface area contributed by atoms with Crippen LogP contribution >= 0.6 is 0 Å². The van der Waals surface area contributed by atoms with Gasteiger partial charge in [0, 0.05) is 11.5 Å². The zero-order valence-electron chi connectivity index (χ0n) is 21.5. The molecule has 4 fully saturated rings. The largest absolute Gasteiger partial charge is 0.431 e. The molecule has 9 heteroatoms. The van der Waals surface area contributed by atoms with Gasteiger partial charge in [-0.05, 0) is 74.0 Å². The summed E-state index contributed by atoms with van der Waals surface area (Å²) in [6.45, 7) is 1.99. The van der Waals surface area contributed by atoms with Crippen molar-refractivity contribution in [3.8, 4) is 0 Å². The van der Waals surface area contributed by atoms with Crippen molar-refractivity contribution in [2.75, 3.05) is 6.61 Å². The van der Waals surface area contributed by atoms with Gasteiger partial charge in [0.1, 0.15) is 24.6 Å². The van der Waals surface area contributed by atoms with Crippen molar-refractivity contribution < 1.29 is 39.1 Å². The number of allylic oxidation sites excluding steroid dienone is 2. The van der Waals surface area contributed by atoms with Crippen LogP contribution in [0, 0.1) is 16.7 Å². The van der Waals surface area contributed by atoms with Crippen LogP contribution in [0.4, 0.5) is 0 Å². The van der Waals surface area contributed by atoms with E-state index < -0.39 is 46.7 Å². The number of rotatable bonds is 4. The van der Waals surface area contributed by atoms with Gasteiger partial charge in [-0.3, -0.25) is 0 Å². The monoisotopic (exact) mass is 528 g/mol. The molecule has 3 saturated carbocycles. The molecule has 10 atom stereocenters. The Morgan fingerprint density at radius 3 is 2.55 bits per heavy atom. The Balaban J connectivity index is 1.27. The van der Waals surface area contributed by atoms with E-state index in [2.05, 4.69) is 6.92 Å². The Bertz CT molecular complexity index is 1200. The fraction of sp³-hybridized carbons (Fsp3) is 0.655. The van der Waals surface area contributed by atoms with Crippen LogP contribution in [0.15, 0.2) is 50.9 Å². The van der Waals surface area contributed by atoms with Gasteiger partial charge in [0.25, 0.3) is 0 Å². The molecule has 0 unspecified atom stereocenters. The van der Waals surface area contributed by atoms with Crippen molar-refractivity contribution in [1.82, 2.24) is 0 Å². The lowest BCUT2D eigenvalue weighted by atomic mass is 9.48. The van der Waals surface area contributed by atoms with Crippen molar-refractivity contribution in [2.45, 2.75) is 94.1 Å². The molecule has 0 aromatic carbocycles. The minimum absolute atomic E-state index is 0.0381. The van der Waals surface area contributed by atoms with E-state index in [0.29, 0.717) is 25.7 Å². The Labute approximate surface area is 220 Å². The Morgan fingerprint density at radius 2 is 1.82 bits per heavy atom. The van der Waals surface area contributed by atoms with E-state index in [1.165, 1.54) is 12.3 Å². The molecular weight excluding hydrogens is 492 g/mol. The molecule has 0 spiro atoms. The van der Waals surface area contributed by atoms with E-state index in [1.54, 1.807) is 6.07 Å². The molecule has 0 radical (unpaired) electrons. The zero-order valence-corrected chi connectivity index (χ0v) is 21.5. The van der Waals surface area contributed by atoms with Crippen LogP contribution in [0.5, 0.6) is 0 Å². The number of aldehydes is 1. The highest BCUT2D eigenvalue weighted by Crippen LogP contribution is 2.68. The summed E-state index contributed by atoms with van der Waals surface area (Å²) in [7, 11) is 0. The van der Waals surface area contributed by atoms with Crippen molar-refractivity contribution in [2.24, 2.45) is 16.7 Å². The average molecular weight is 529 g/mol. The van der Waals surface area contributed by atoms with Crippen LogP contribution in [0.25, 0.3) is 0 Å². The molecule has 5 aliphatic rings. The molecule has 4 N–H and O–H groups in total. The first-order valence-electron chi connectivity index (χ1n) is 13.6. The van der Waals surface area contributed by atoms with Gasteiger partial charge in [0.15, 0.2) is 6.29 Å². The molecule has 1 aliphatic heterocycles. The molecule has 1 aromatic heterocycles. The first kappa shape index (κ1) is 26.1. The fourth-order valence-electron chi connectivity index (χ4n) is 8.21. The first-order chi connectivity index (χ1) is 18.1. The normalized spacial score (nSPS) is 46.3. The predicted molar refractivity (Wildman–Crippen MR) is 134 cm³/mol. The number of aliphatic hydroxyl groups is 4. The van der Waals surface area contributed by atoms with Crippen LogP contribution in [0.1, 0.15) is 63.4 Å². The molecule has 38 heavy (non-hydrogen) atoms. The maximum atomic E-state index is 12.8. The standard InChI is InChI=1S/C29H36O9/c1-27-9-7-20-21(29(27,35)11-8-19(27)16-2-5-23(32)36-13-16)4-3-17-12-18(6-10-28(17,20)15-30)38-26-25(34)24(33)22(31)14-37-26/h2-5,13,15,18-20,22,24-26,31,33-35H,6-12,14H2,1H3/t18-,19+,20+,22+,24+,25-,26-,27+,28+,29-/m0/s1. The van der Waals surface area contributed by atoms with E-state index in [9.17, 15) is 30.0 Å². The van der Waals surface area contributed by atoms with E-state index in [0.717, 1.165) is 42.3 Å². The SMILES string of the molecule is C[C@]12CC[C@@H]3C(=CC=C4C[C@@H](O[C@@H]5OC[C@@H](O)[C@@H](O)[C@@H]5O)CC[C@@]43C=O)[C@@]1(O)CC[C@@H]2c1ccc(=O)oc1. The van der Waals surface area contributed by atoms with Gasteiger partial charge in [0.05, 0.1) is 30.0 Å². The highest BCUT2D eigenvalue weighted by Gasteiger charge is 2.65. The topological polar surface area (TPSA) is 147 Å². The van der Waals surface area contributed by atoms with Crippen LogP contribution in [0.2, 0.25) is 0 Å². The second kappa shape index (κ2) is 9.21. The summed E-state index contributed by atoms with van der Waals surface area (Å²) in [6, 6.07) is 3.23. The quantitative estimate of drug-likeness (QED) is 0.429. The molecule has 0 amide bonds. The van der Waals surface area contributed by atoms with E-state index in [-0.39, 0.29) is 24.5 Å². The number of hydrogen-bond donors (Lipinski definition) is 4. The summed E-state index contributed by atoms with van der Waals surface area (Å²) >= 11 is 0. The summed E-state index contributed by atoms with van der Waals surface area (Å²) in [5.74, 6) is -0.0730. The highest BCUT2D eigenvalue weighted by atomic mass is 16.7. The molecule has 1 aromatic rings. The number of carbonyl (C=O) groups is 1. The molecule has 206 valence electrons. The summed E-state index contributed by atoms with van der Waals surface area (Å²) in [4.78, 5) is 24.4. The van der Waals surface area contributed by atoms with Crippen molar-refractivity contribution >= 4 is 6.29 Å². The van der Waals surface area contributed by atoms with Crippen LogP contribution in [-0.2, 0) is 14.3 Å². The summed E-state index contributed by atoms with van der Waals surface area (Å²) in [5.41, 5.74) is 0.153. The lowest BCUT2D eigenvalue weighted by Crippen LogP contribution is -2.57. The van der Waals surface area contributed by atoms with E-state index in [4.69, 9.17) is 13.9 Å². The predicted octanol–water partition coefficient (Wildman–Crippen LogP) is 1.72. The molecule has 0 bridgehead atoms. The molecule has 9 nitrogen and oxygen atoms in total. The third-order valence-corrected chi connectivity index (χ3v) is 10.4. The maximum absolute atomic E-state index is 12.8. The second-order valence-electron chi connectivity index (χ2n) is 12.1. The minimum Gasteiger partial charge on any atom is -0.431 e. The smallest absolute Gasteiger partial charge is 0.335 e. The second-order valence-corrected chi connectivity index (χ2v) is 12.1. The molecular formula is C29H36O9. The van der Waals surface area contributed by atoms with Crippen molar-refractivity contribution in [3.63, 3.8) is 0 Å². The maximum Gasteiger partial charge on any atom is 0.335 e. The minimum atomic E-state index is -1.36. The van der Waals surface area contributed by atoms with Crippen LogP contribution < -0.4 is 5.63 Å². The molecule has 1 saturated heterocycles. The van der Waals surface area contributed by atoms with E-state index in [1.807, 2.05) is 12.2 Å². The van der Waals surface area contributed by atoms with Gasteiger partial charge in [-0.2, -0.15) is 0 Å². The third kappa shape index (κ3) is 3.67. The number of ether oxygens (including phenoxy) is 2. The van der Waals surface area contributed by atoms with Gasteiger partial charge in [-0.15, -0.1) is 0 Å². The van der Waals surface area contributed by atoms with Crippen LogP contribution in [-0.4, -0.2) is 69.6 Å². The van der Waals surface area contributed by atoms with Gasteiger partial charge in [-0.25, -0.2) is 4.79 Å². The van der Waals surface area contributed by atoms with Crippen molar-refractivity contribution in [3.05, 3.63) is 57.7 Å². The van der Waals surface area contributed by atoms with E-state index >= 15 is 0 Å². The first-order valence-corrected chi connectivity index (χ1v) is 13.6. The zero-order chi connectivity index (χ0) is 26.9. The highest BCUT2D eigenvalue weighted by molar-refractivity contribution is 5.70. The van der Waals surface area contributed by atoms with Gasteiger partial charge < -0.3 is 39.1 Å². The summed E-state index contributed by atoms with van der Waals surface area (Å²) in [5, 5.41) is 42.3. The average Bonchev–Trinajstić information content (AvgIpc) is 3.20. The van der Waals surface area contributed by atoms with Gasteiger partial charge in [-0.1, -0.05) is 24.6 Å². The third-order valence-electron chi connectivity index (χ3n) is 10.4. The Kier molecular flexibility index (Phi) is 6.33. The lowest BCUT2D eigenvalue weighted by Gasteiger charge is -2.57. The molecule has 4 aliphatic carbocycles. The number of hydrogen-bond acceptors (Lipinski definition) is 9. The van der Waals surface area contributed by atoms with Crippen LogP contribution in [0.3, 0.4) is 0 Å². The van der Waals surface area contributed by atoms with Gasteiger partial charge in [0.2, 0.25) is 0 Å².